The van der Waals surface area contributed by atoms with Crippen LogP contribution in [0, 0.1) is 0 Å². The van der Waals surface area contributed by atoms with Gasteiger partial charge < -0.3 is 15.4 Å². The molecule has 0 bridgehead atoms. The summed E-state index contributed by atoms with van der Waals surface area (Å²) in [5, 5.41) is 0. The lowest BCUT2D eigenvalue weighted by atomic mass is 10.1. The number of guanidine groups is 1. The molecule has 2 saturated heterocycles. The van der Waals surface area contributed by atoms with Gasteiger partial charge in [-0.15, -0.1) is 24.0 Å². The Bertz CT molecular complexity index is 254. The lowest BCUT2D eigenvalue weighted by Crippen LogP contribution is -2.42. The molecule has 0 aliphatic carbocycles. The highest BCUT2D eigenvalue weighted by atomic mass is 127. The van der Waals surface area contributed by atoms with Crippen LogP contribution in [0.3, 0.4) is 0 Å². The van der Waals surface area contributed by atoms with Gasteiger partial charge >= 0.3 is 0 Å². The predicted octanol–water partition coefficient (Wildman–Crippen LogP) is 1.93. The number of halogens is 1. The van der Waals surface area contributed by atoms with Crippen molar-refractivity contribution in [3.8, 4) is 0 Å². The molecular weight excluding hydrogens is 361 g/mol. The van der Waals surface area contributed by atoms with Crippen molar-refractivity contribution in [3.05, 3.63) is 0 Å². The fraction of sp³-hybridized carbons (Fsp3) is 0.917. The Hall–Kier alpha value is 0.310. The first-order chi connectivity index (χ1) is 8.36. The van der Waals surface area contributed by atoms with Crippen molar-refractivity contribution in [2.75, 3.05) is 37.7 Å². The average Bonchev–Trinajstić information content (AvgIpc) is 2.41. The highest BCUT2D eigenvalue weighted by molar-refractivity contribution is 14.0. The molecule has 0 aromatic heterocycles. The van der Waals surface area contributed by atoms with Gasteiger partial charge in [-0.25, -0.2) is 0 Å². The molecule has 0 spiro atoms. The summed E-state index contributed by atoms with van der Waals surface area (Å²) in [7, 11) is 0. The molecule has 6 heteroatoms. The molecule has 2 N–H and O–H groups in total. The van der Waals surface area contributed by atoms with Crippen LogP contribution < -0.4 is 5.73 Å². The summed E-state index contributed by atoms with van der Waals surface area (Å²) in [6, 6.07) is 0. The topological polar surface area (TPSA) is 50.9 Å². The number of aliphatic imine (C=N–C) groups is 1. The van der Waals surface area contributed by atoms with Gasteiger partial charge in [0.25, 0.3) is 0 Å². The van der Waals surface area contributed by atoms with Crippen molar-refractivity contribution >= 4 is 41.7 Å². The van der Waals surface area contributed by atoms with Crippen molar-refractivity contribution in [3.63, 3.8) is 0 Å². The molecule has 1 atom stereocenters. The van der Waals surface area contributed by atoms with E-state index >= 15 is 0 Å². The van der Waals surface area contributed by atoms with Gasteiger partial charge in [-0.1, -0.05) is 0 Å². The van der Waals surface area contributed by atoms with Crippen molar-refractivity contribution in [1.29, 1.82) is 0 Å². The van der Waals surface area contributed by atoms with E-state index in [9.17, 15) is 0 Å². The van der Waals surface area contributed by atoms with Crippen molar-refractivity contribution < 1.29 is 4.74 Å². The zero-order valence-electron chi connectivity index (χ0n) is 10.8. The highest BCUT2D eigenvalue weighted by Gasteiger charge is 2.14. The van der Waals surface area contributed by atoms with Gasteiger partial charge in [-0.05, 0) is 25.7 Å². The molecule has 2 heterocycles. The van der Waals surface area contributed by atoms with E-state index in [2.05, 4.69) is 9.89 Å². The third kappa shape index (κ3) is 5.52. The zero-order chi connectivity index (χ0) is 11.9. The minimum atomic E-state index is 0. The molecular formula is C12H24IN3OS. The molecule has 1 unspecified atom stereocenters. The first-order valence-corrected chi connectivity index (χ1v) is 7.76. The Balaban J connectivity index is 0.00000162. The van der Waals surface area contributed by atoms with E-state index in [0.29, 0.717) is 6.10 Å². The Kier molecular flexibility index (Phi) is 8.41. The maximum atomic E-state index is 5.99. The molecule has 2 rings (SSSR count). The van der Waals surface area contributed by atoms with Crippen LogP contribution in [-0.4, -0.2) is 54.7 Å². The first kappa shape index (κ1) is 16.4. The van der Waals surface area contributed by atoms with Crippen LogP contribution in [0.2, 0.25) is 0 Å². The maximum absolute atomic E-state index is 5.99. The van der Waals surface area contributed by atoms with Crippen LogP contribution >= 0.6 is 35.7 Å². The molecule has 18 heavy (non-hydrogen) atoms. The van der Waals surface area contributed by atoms with Gasteiger partial charge in [-0.3, -0.25) is 4.99 Å². The lowest BCUT2D eigenvalue weighted by Gasteiger charge is -2.27. The van der Waals surface area contributed by atoms with E-state index in [1.54, 1.807) is 0 Å². The standard InChI is InChI=1S/C12H23N3OS.HI/c13-12(15-6-9-17-10-7-15)14-5-4-11-3-1-2-8-16-11;/h11H,1-10H2,(H2,13,14);1H. The monoisotopic (exact) mass is 385 g/mol. The molecule has 2 aliphatic rings. The van der Waals surface area contributed by atoms with Crippen LogP contribution in [0.4, 0.5) is 0 Å². The number of nitrogens with zero attached hydrogens (tertiary/aromatic N) is 2. The molecule has 2 aliphatic heterocycles. The van der Waals surface area contributed by atoms with Crippen molar-refractivity contribution in [2.45, 2.75) is 31.8 Å². The third-order valence-electron chi connectivity index (χ3n) is 3.33. The minimum absolute atomic E-state index is 0. The number of nitrogens with two attached hydrogens (primary N) is 1. The van der Waals surface area contributed by atoms with Crippen LogP contribution in [0.15, 0.2) is 4.99 Å². The maximum Gasteiger partial charge on any atom is 0.191 e. The molecule has 106 valence electrons. The van der Waals surface area contributed by atoms with E-state index in [0.717, 1.165) is 38.6 Å². The quantitative estimate of drug-likeness (QED) is 0.458. The minimum Gasteiger partial charge on any atom is -0.378 e. The molecule has 0 aromatic rings. The highest BCUT2D eigenvalue weighted by Crippen LogP contribution is 2.15. The number of ether oxygens (including phenoxy) is 1. The fourth-order valence-corrected chi connectivity index (χ4v) is 3.15. The van der Waals surface area contributed by atoms with Crippen LogP contribution in [0.5, 0.6) is 0 Å². The third-order valence-corrected chi connectivity index (χ3v) is 4.28. The normalized spacial score (nSPS) is 25.7. The summed E-state index contributed by atoms with van der Waals surface area (Å²) in [6.07, 6.45) is 5.14. The van der Waals surface area contributed by atoms with E-state index < -0.39 is 0 Å². The van der Waals surface area contributed by atoms with Crippen molar-refractivity contribution in [2.24, 2.45) is 10.7 Å². The summed E-state index contributed by atoms with van der Waals surface area (Å²) >= 11 is 1.99. The van der Waals surface area contributed by atoms with Gasteiger partial charge in [0, 0.05) is 37.7 Å². The summed E-state index contributed by atoms with van der Waals surface area (Å²) < 4.78 is 5.68. The van der Waals surface area contributed by atoms with Crippen LogP contribution in [0.1, 0.15) is 25.7 Å². The second kappa shape index (κ2) is 9.25. The van der Waals surface area contributed by atoms with Crippen LogP contribution in [-0.2, 0) is 4.74 Å². The summed E-state index contributed by atoms with van der Waals surface area (Å²) in [5.74, 6) is 3.06. The Morgan fingerprint density at radius 2 is 2.11 bits per heavy atom. The van der Waals surface area contributed by atoms with Gasteiger partial charge in [0.2, 0.25) is 0 Å². The second-order valence-electron chi connectivity index (χ2n) is 4.62. The van der Waals surface area contributed by atoms with Gasteiger partial charge in [0.05, 0.1) is 6.10 Å². The molecule has 4 nitrogen and oxygen atoms in total. The first-order valence-electron chi connectivity index (χ1n) is 6.60. The molecule has 0 aromatic carbocycles. The predicted molar refractivity (Wildman–Crippen MR) is 89.0 cm³/mol. The largest absolute Gasteiger partial charge is 0.378 e. The van der Waals surface area contributed by atoms with E-state index in [-0.39, 0.29) is 24.0 Å². The molecule has 0 radical (unpaired) electrons. The summed E-state index contributed by atoms with van der Waals surface area (Å²) in [5.41, 5.74) is 5.99. The summed E-state index contributed by atoms with van der Waals surface area (Å²) in [4.78, 5) is 6.67. The second-order valence-corrected chi connectivity index (χ2v) is 5.84. The molecule has 0 saturated carbocycles. The zero-order valence-corrected chi connectivity index (χ0v) is 14.0. The van der Waals surface area contributed by atoms with Crippen molar-refractivity contribution in [1.82, 2.24) is 4.90 Å². The van der Waals surface area contributed by atoms with Gasteiger partial charge in [0.15, 0.2) is 5.96 Å². The summed E-state index contributed by atoms with van der Waals surface area (Å²) in [6.45, 7) is 3.81. The Labute approximate surface area is 131 Å². The van der Waals surface area contributed by atoms with E-state index in [4.69, 9.17) is 10.5 Å². The number of hydrogen-bond acceptors (Lipinski definition) is 3. The van der Waals surface area contributed by atoms with Crippen LogP contribution in [0.25, 0.3) is 0 Å². The Morgan fingerprint density at radius 1 is 1.33 bits per heavy atom. The van der Waals surface area contributed by atoms with E-state index in [1.807, 2.05) is 11.8 Å². The lowest BCUT2D eigenvalue weighted by molar-refractivity contribution is 0.0129. The SMILES string of the molecule is I.NC(=NCCC1CCCCO1)N1CCSCC1. The smallest absolute Gasteiger partial charge is 0.191 e. The van der Waals surface area contributed by atoms with Gasteiger partial charge in [-0.2, -0.15) is 11.8 Å². The van der Waals surface area contributed by atoms with Gasteiger partial charge in [0.1, 0.15) is 0 Å². The number of rotatable bonds is 3. The Morgan fingerprint density at radius 3 is 2.78 bits per heavy atom. The fourth-order valence-electron chi connectivity index (χ4n) is 2.25. The molecule has 0 amide bonds. The average molecular weight is 385 g/mol. The number of hydrogen-bond donors (Lipinski definition) is 1. The molecule has 2 fully saturated rings. The number of thioether (sulfide) groups is 1. The van der Waals surface area contributed by atoms with E-state index in [1.165, 1.54) is 30.8 Å².